The van der Waals surface area contributed by atoms with Crippen LogP contribution in [0.4, 0.5) is 5.69 Å². The molecule has 0 unspecified atom stereocenters. The van der Waals surface area contributed by atoms with Crippen molar-refractivity contribution in [3.63, 3.8) is 0 Å². The van der Waals surface area contributed by atoms with Crippen LogP contribution in [0.15, 0.2) is 66.7 Å². The van der Waals surface area contributed by atoms with Crippen molar-refractivity contribution < 1.29 is 14.3 Å². The molecule has 0 saturated carbocycles. The molecule has 3 aromatic carbocycles. The van der Waals surface area contributed by atoms with E-state index in [0.717, 1.165) is 43.5 Å². The van der Waals surface area contributed by atoms with Crippen LogP contribution in [0, 0.1) is 0 Å². The molecule has 1 amide bonds. The summed E-state index contributed by atoms with van der Waals surface area (Å²) < 4.78 is 11.7. The number of carbonyl (C=O) groups excluding carboxylic acids is 1. The molecule has 0 atom stereocenters. The van der Waals surface area contributed by atoms with Crippen LogP contribution >= 0.6 is 0 Å². The van der Waals surface area contributed by atoms with E-state index in [0.29, 0.717) is 23.8 Å². The van der Waals surface area contributed by atoms with E-state index in [2.05, 4.69) is 22.2 Å². The van der Waals surface area contributed by atoms with Crippen LogP contribution in [0.1, 0.15) is 0 Å². The quantitative estimate of drug-likeness (QED) is 0.606. The van der Waals surface area contributed by atoms with Crippen LogP contribution in [0.3, 0.4) is 0 Å². The van der Waals surface area contributed by atoms with E-state index in [4.69, 9.17) is 9.47 Å². The number of hydrogen-bond acceptors (Lipinski definition) is 5. The van der Waals surface area contributed by atoms with E-state index in [1.54, 1.807) is 0 Å². The molecule has 0 bridgehead atoms. The molecule has 6 nitrogen and oxygen atoms in total. The molecule has 0 aliphatic carbocycles. The van der Waals surface area contributed by atoms with Gasteiger partial charge in [0.25, 0.3) is 5.91 Å². The number of para-hydroxylation sites is 2. The molecular weight excluding hydrogens is 390 g/mol. The summed E-state index contributed by atoms with van der Waals surface area (Å²) in [5, 5.41) is 5.13. The summed E-state index contributed by atoms with van der Waals surface area (Å²) in [6.45, 7) is 5.70. The summed E-state index contributed by atoms with van der Waals surface area (Å²) in [5.74, 6) is 1.13. The van der Waals surface area contributed by atoms with E-state index < -0.39 is 0 Å². The first-order chi connectivity index (χ1) is 15.2. The monoisotopic (exact) mass is 419 g/mol. The Balaban J connectivity index is 1.27. The minimum Gasteiger partial charge on any atom is -0.490 e. The van der Waals surface area contributed by atoms with Gasteiger partial charge < -0.3 is 19.7 Å². The molecule has 0 radical (unpaired) electrons. The van der Waals surface area contributed by atoms with Gasteiger partial charge in [-0.2, -0.15) is 0 Å². The fourth-order valence-corrected chi connectivity index (χ4v) is 3.64. The van der Waals surface area contributed by atoms with Crippen molar-refractivity contribution in [2.75, 3.05) is 58.3 Å². The van der Waals surface area contributed by atoms with Crippen LogP contribution in [-0.2, 0) is 4.79 Å². The Morgan fingerprint density at radius 1 is 0.903 bits per heavy atom. The maximum Gasteiger partial charge on any atom is 0.262 e. The molecule has 1 aliphatic rings. The second-order valence-corrected chi connectivity index (χ2v) is 7.84. The predicted octanol–water partition coefficient (Wildman–Crippen LogP) is 3.48. The Kier molecular flexibility index (Phi) is 7.02. The average Bonchev–Trinajstić information content (AvgIpc) is 2.80. The summed E-state index contributed by atoms with van der Waals surface area (Å²) in [5.41, 5.74) is 0.660. The zero-order valence-electron chi connectivity index (χ0n) is 17.9. The predicted molar refractivity (Wildman–Crippen MR) is 124 cm³/mol. The lowest BCUT2D eigenvalue weighted by Gasteiger charge is -2.32. The highest BCUT2D eigenvalue weighted by Gasteiger charge is 2.14. The van der Waals surface area contributed by atoms with Gasteiger partial charge in [0.15, 0.2) is 6.61 Å². The Morgan fingerprint density at radius 2 is 1.65 bits per heavy atom. The number of hydrogen-bond donors (Lipinski definition) is 1. The van der Waals surface area contributed by atoms with Gasteiger partial charge in [-0.25, -0.2) is 0 Å². The first-order valence-corrected chi connectivity index (χ1v) is 10.7. The Hall–Kier alpha value is -3.09. The maximum atomic E-state index is 12.4. The number of piperazine rings is 1. The largest absolute Gasteiger partial charge is 0.490 e. The second-order valence-electron chi connectivity index (χ2n) is 7.84. The first-order valence-electron chi connectivity index (χ1n) is 10.7. The van der Waals surface area contributed by atoms with Gasteiger partial charge in [0.05, 0.1) is 5.69 Å². The molecular formula is C25H29N3O3. The molecule has 1 aliphatic heterocycles. The SMILES string of the molecule is CN1CCN(CCOc2ccccc2NC(=O)COc2ccc3ccccc3c2)CC1. The van der Waals surface area contributed by atoms with Crippen LogP contribution in [0.2, 0.25) is 0 Å². The number of nitrogens with zero attached hydrogens (tertiary/aromatic N) is 2. The minimum atomic E-state index is -0.219. The molecule has 1 fully saturated rings. The number of nitrogens with one attached hydrogen (secondary N) is 1. The molecule has 0 spiro atoms. The number of anilines is 1. The van der Waals surface area contributed by atoms with Gasteiger partial charge in [0.2, 0.25) is 0 Å². The van der Waals surface area contributed by atoms with Crippen molar-refractivity contribution in [1.82, 2.24) is 9.80 Å². The number of amides is 1. The lowest BCUT2D eigenvalue weighted by Crippen LogP contribution is -2.45. The van der Waals surface area contributed by atoms with Gasteiger partial charge in [0, 0.05) is 32.7 Å². The highest BCUT2D eigenvalue weighted by Crippen LogP contribution is 2.24. The third-order valence-corrected chi connectivity index (χ3v) is 5.51. The van der Waals surface area contributed by atoms with Crippen LogP contribution in [-0.4, -0.2) is 68.7 Å². The zero-order chi connectivity index (χ0) is 21.5. The summed E-state index contributed by atoms with van der Waals surface area (Å²) in [6, 6.07) is 21.4. The van der Waals surface area contributed by atoms with Gasteiger partial charge in [-0.3, -0.25) is 9.69 Å². The summed E-state index contributed by atoms with van der Waals surface area (Å²) in [7, 11) is 2.15. The van der Waals surface area contributed by atoms with Gasteiger partial charge >= 0.3 is 0 Å². The zero-order valence-corrected chi connectivity index (χ0v) is 17.9. The second kappa shape index (κ2) is 10.3. The topological polar surface area (TPSA) is 54.0 Å². The number of benzene rings is 3. The van der Waals surface area contributed by atoms with Crippen molar-refractivity contribution in [3.8, 4) is 11.5 Å². The minimum absolute atomic E-state index is 0.0615. The van der Waals surface area contributed by atoms with Crippen molar-refractivity contribution in [3.05, 3.63) is 66.7 Å². The first kappa shape index (κ1) is 21.2. The highest BCUT2D eigenvalue weighted by atomic mass is 16.5. The van der Waals surface area contributed by atoms with Crippen LogP contribution in [0.5, 0.6) is 11.5 Å². The number of fused-ring (bicyclic) bond motifs is 1. The van der Waals surface area contributed by atoms with E-state index in [9.17, 15) is 4.79 Å². The van der Waals surface area contributed by atoms with E-state index in [1.165, 1.54) is 0 Å². The van der Waals surface area contributed by atoms with E-state index in [1.807, 2.05) is 66.7 Å². The fourth-order valence-electron chi connectivity index (χ4n) is 3.64. The van der Waals surface area contributed by atoms with E-state index >= 15 is 0 Å². The van der Waals surface area contributed by atoms with Crippen molar-refractivity contribution in [2.24, 2.45) is 0 Å². The van der Waals surface area contributed by atoms with Crippen LogP contribution in [0.25, 0.3) is 10.8 Å². The van der Waals surface area contributed by atoms with E-state index in [-0.39, 0.29) is 12.5 Å². The molecule has 6 heteroatoms. The normalized spacial score (nSPS) is 15.0. The molecule has 1 saturated heterocycles. The molecule has 1 N–H and O–H groups in total. The van der Waals surface area contributed by atoms with Gasteiger partial charge in [-0.05, 0) is 42.1 Å². The van der Waals surface area contributed by atoms with Gasteiger partial charge in [-0.1, -0.05) is 42.5 Å². The molecule has 4 rings (SSSR count). The summed E-state index contributed by atoms with van der Waals surface area (Å²) in [6.07, 6.45) is 0. The Labute approximate surface area is 183 Å². The van der Waals surface area contributed by atoms with Crippen molar-refractivity contribution >= 4 is 22.4 Å². The maximum absolute atomic E-state index is 12.4. The lowest BCUT2D eigenvalue weighted by atomic mass is 10.1. The number of ether oxygens (including phenoxy) is 2. The number of carbonyl (C=O) groups is 1. The van der Waals surface area contributed by atoms with Crippen molar-refractivity contribution in [1.29, 1.82) is 0 Å². The van der Waals surface area contributed by atoms with Crippen LogP contribution < -0.4 is 14.8 Å². The number of rotatable bonds is 8. The summed E-state index contributed by atoms with van der Waals surface area (Å²) in [4.78, 5) is 17.2. The van der Waals surface area contributed by atoms with Gasteiger partial charge in [0.1, 0.15) is 18.1 Å². The lowest BCUT2D eigenvalue weighted by molar-refractivity contribution is -0.118. The standard InChI is InChI=1S/C25H29N3O3/c1-27-12-14-28(15-13-27)16-17-30-24-9-5-4-8-23(24)26-25(29)19-31-22-11-10-20-6-2-3-7-21(20)18-22/h2-11,18H,12-17,19H2,1H3,(H,26,29). The molecule has 1 heterocycles. The summed E-state index contributed by atoms with van der Waals surface area (Å²) >= 11 is 0. The molecule has 31 heavy (non-hydrogen) atoms. The third-order valence-electron chi connectivity index (χ3n) is 5.51. The fraction of sp³-hybridized carbons (Fsp3) is 0.320. The third kappa shape index (κ3) is 5.96. The average molecular weight is 420 g/mol. The van der Waals surface area contributed by atoms with Gasteiger partial charge in [-0.15, -0.1) is 0 Å². The smallest absolute Gasteiger partial charge is 0.262 e. The Morgan fingerprint density at radius 3 is 2.48 bits per heavy atom. The molecule has 3 aromatic rings. The number of likely N-dealkylation sites (N-methyl/N-ethyl adjacent to an activating group) is 1. The molecule has 162 valence electrons. The van der Waals surface area contributed by atoms with Crippen molar-refractivity contribution in [2.45, 2.75) is 0 Å². The molecule has 0 aromatic heterocycles. The highest BCUT2D eigenvalue weighted by molar-refractivity contribution is 5.93. The Bertz CT molecular complexity index is 1020.